The maximum Gasteiger partial charge on any atom is 0.165 e. The number of benzene rings is 9. The van der Waals surface area contributed by atoms with Crippen molar-refractivity contribution < 1.29 is 0 Å². The van der Waals surface area contributed by atoms with Gasteiger partial charge < -0.3 is 0 Å². The molecule has 0 atom stereocenters. The monoisotopic (exact) mass is 697 g/mol. The minimum Gasteiger partial charge on any atom is -0.208 e. The van der Waals surface area contributed by atoms with E-state index in [0.29, 0.717) is 17.5 Å². The van der Waals surface area contributed by atoms with Gasteiger partial charge in [-0.05, 0) is 77.5 Å². The topological polar surface area (TPSA) is 38.7 Å². The van der Waals surface area contributed by atoms with E-state index >= 15 is 0 Å². The van der Waals surface area contributed by atoms with Crippen molar-refractivity contribution in [2.75, 3.05) is 0 Å². The van der Waals surface area contributed by atoms with Crippen molar-refractivity contribution in [3.63, 3.8) is 0 Å². The van der Waals surface area contributed by atoms with E-state index in [9.17, 15) is 0 Å². The van der Waals surface area contributed by atoms with Crippen LogP contribution in [0.1, 0.15) is 22.3 Å². The highest BCUT2D eigenvalue weighted by Gasteiger charge is 2.52. The third-order valence-corrected chi connectivity index (χ3v) is 11.9. The zero-order valence-corrected chi connectivity index (χ0v) is 29.7. The Labute approximate surface area is 318 Å². The highest BCUT2D eigenvalue weighted by molar-refractivity contribution is 6.21. The lowest BCUT2D eigenvalue weighted by molar-refractivity contribution is 0.794. The molecule has 3 nitrogen and oxygen atoms in total. The zero-order chi connectivity index (χ0) is 36.1. The number of hydrogen-bond donors (Lipinski definition) is 0. The molecule has 0 N–H and O–H groups in total. The summed E-state index contributed by atoms with van der Waals surface area (Å²) in [7, 11) is 0. The summed E-state index contributed by atoms with van der Waals surface area (Å²) in [6.07, 6.45) is 0. The van der Waals surface area contributed by atoms with Crippen molar-refractivity contribution in [1.82, 2.24) is 15.0 Å². The number of rotatable bonds is 3. The van der Waals surface area contributed by atoms with Crippen LogP contribution >= 0.6 is 0 Å². The average Bonchev–Trinajstić information content (AvgIpc) is 3.73. The van der Waals surface area contributed by atoms with Crippen LogP contribution < -0.4 is 0 Å². The fraction of sp³-hybridized carbons (Fsp3) is 0.0192. The number of fused-ring (bicyclic) bond motifs is 14. The van der Waals surface area contributed by atoms with E-state index < -0.39 is 5.41 Å². The van der Waals surface area contributed by atoms with Gasteiger partial charge in [0.05, 0.1) is 5.41 Å². The molecule has 1 heterocycles. The van der Waals surface area contributed by atoms with Gasteiger partial charge in [-0.25, -0.2) is 15.0 Å². The smallest absolute Gasteiger partial charge is 0.165 e. The Balaban J connectivity index is 1.20. The van der Waals surface area contributed by atoms with Gasteiger partial charge in [0.15, 0.2) is 17.5 Å². The van der Waals surface area contributed by atoms with Gasteiger partial charge in [0.1, 0.15) is 0 Å². The molecule has 3 heteroatoms. The molecule has 0 radical (unpaired) electrons. The molecule has 12 rings (SSSR count). The van der Waals surface area contributed by atoms with Gasteiger partial charge in [-0.3, -0.25) is 0 Å². The van der Waals surface area contributed by atoms with Crippen molar-refractivity contribution in [1.29, 1.82) is 0 Å². The highest BCUT2D eigenvalue weighted by atomic mass is 15.0. The normalized spacial score (nSPS) is 13.2. The van der Waals surface area contributed by atoms with Gasteiger partial charge in [0.2, 0.25) is 0 Å². The number of nitrogens with zero attached hydrogens (tertiary/aromatic N) is 3. The third kappa shape index (κ3) is 4.12. The molecule has 10 aromatic rings. The Bertz CT molecular complexity index is 3170. The summed E-state index contributed by atoms with van der Waals surface area (Å²) in [6, 6.07) is 67.8. The molecule has 1 aromatic heterocycles. The van der Waals surface area contributed by atoms with Crippen molar-refractivity contribution in [2.24, 2.45) is 0 Å². The molecule has 0 saturated carbocycles. The highest BCUT2D eigenvalue weighted by Crippen LogP contribution is 2.63. The predicted molar refractivity (Wildman–Crippen MR) is 225 cm³/mol. The molecule has 2 aliphatic rings. The summed E-state index contributed by atoms with van der Waals surface area (Å²) in [4.78, 5) is 16.2. The second-order valence-corrected chi connectivity index (χ2v) is 14.6. The Morgan fingerprint density at radius 3 is 1.60 bits per heavy atom. The Hall–Kier alpha value is -7.23. The molecule has 254 valence electrons. The van der Waals surface area contributed by atoms with Gasteiger partial charge in [0.25, 0.3) is 0 Å². The molecule has 0 amide bonds. The van der Waals surface area contributed by atoms with Crippen LogP contribution in [0.15, 0.2) is 188 Å². The van der Waals surface area contributed by atoms with Crippen molar-refractivity contribution in [3.8, 4) is 56.4 Å². The molecule has 2 aliphatic carbocycles. The Kier molecular flexibility index (Phi) is 6.26. The van der Waals surface area contributed by atoms with E-state index in [1.54, 1.807) is 0 Å². The van der Waals surface area contributed by atoms with E-state index in [1.165, 1.54) is 55.3 Å². The molecule has 0 bridgehead atoms. The van der Waals surface area contributed by atoms with Crippen molar-refractivity contribution >= 4 is 32.3 Å². The summed E-state index contributed by atoms with van der Waals surface area (Å²) < 4.78 is 0. The van der Waals surface area contributed by atoms with Crippen LogP contribution in [0.5, 0.6) is 0 Å². The number of hydrogen-bond acceptors (Lipinski definition) is 3. The van der Waals surface area contributed by atoms with Crippen molar-refractivity contribution in [3.05, 3.63) is 210 Å². The fourth-order valence-electron chi connectivity index (χ4n) is 9.73. The Morgan fingerprint density at radius 1 is 0.309 bits per heavy atom. The largest absolute Gasteiger partial charge is 0.208 e. The summed E-state index contributed by atoms with van der Waals surface area (Å²) in [5.41, 5.74) is 12.6. The number of aromatic nitrogens is 3. The molecular weight excluding hydrogens is 667 g/mol. The molecule has 0 aliphatic heterocycles. The van der Waals surface area contributed by atoms with E-state index in [0.717, 1.165) is 38.2 Å². The first-order chi connectivity index (χ1) is 27.3. The minimum atomic E-state index is -0.460. The zero-order valence-electron chi connectivity index (χ0n) is 29.7. The molecule has 55 heavy (non-hydrogen) atoms. The van der Waals surface area contributed by atoms with Gasteiger partial charge in [-0.15, -0.1) is 0 Å². The molecule has 1 spiro atoms. The van der Waals surface area contributed by atoms with E-state index in [-0.39, 0.29) is 0 Å². The van der Waals surface area contributed by atoms with Crippen LogP contribution in [0.4, 0.5) is 0 Å². The maximum absolute atomic E-state index is 5.54. The second kappa shape index (κ2) is 11.4. The molecule has 0 unspecified atom stereocenters. The van der Waals surface area contributed by atoms with E-state index in [2.05, 4.69) is 182 Å². The van der Waals surface area contributed by atoms with Crippen LogP contribution in [-0.4, -0.2) is 15.0 Å². The molecule has 9 aromatic carbocycles. The lowest BCUT2D eigenvalue weighted by Crippen LogP contribution is -2.25. The second-order valence-electron chi connectivity index (χ2n) is 14.6. The van der Waals surface area contributed by atoms with Gasteiger partial charge in [0, 0.05) is 22.1 Å². The van der Waals surface area contributed by atoms with Crippen LogP contribution in [-0.2, 0) is 5.41 Å². The standard InChI is InChI=1S/C52H31N3/c1-2-16-33(17-3-1)49-53-50(55-51(54-49)48-37-20-7-5-18-34(37)31-35-30-29-32-15-4-6-19-36(32)46(35)48)41-24-14-28-45-47(41)40-23-10-13-27-44(40)52(45)42-25-11-8-21-38(42)39-22-9-12-26-43(39)52/h1-31H. The Morgan fingerprint density at radius 2 is 0.836 bits per heavy atom. The third-order valence-electron chi connectivity index (χ3n) is 11.9. The lowest BCUT2D eigenvalue weighted by Gasteiger charge is -2.30. The summed E-state index contributed by atoms with van der Waals surface area (Å²) in [5.74, 6) is 1.97. The van der Waals surface area contributed by atoms with Gasteiger partial charge in [-0.2, -0.15) is 0 Å². The molecule has 0 fully saturated rings. The van der Waals surface area contributed by atoms with Gasteiger partial charge >= 0.3 is 0 Å². The first kappa shape index (κ1) is 30.3. The quantitative estimate of drug-likeness (QED) is 0.136. The summed E-state index contributed by atoms with van der Waals surface area (Å²) >= 11 is 0. The van der Waals surface area contributed by atoms with Crippen molar-refractivity contribution in [2.45, 2.75) is 5.41 Å². The molecule has 0 saturated heterocycles. The van der Waals surface area contributed by atoms with Crippen LogP contribution in [0.2, 0.25) is 0 Å². The lowest BCUT2D eigenvalue weighted by atomic mass is 9.70. The van der Waals surface area contributed by atoms with Crippen LogP contribution in [0, 0.1) is 0 Å². The van der Waals surface area contributed by atoms with Crippen LogP contribution in [0.25, 0.3) is 88.7 Å². The summed E-state index contributed by atoms with van der Waals surface area (Å²) in [5, 5.41) is 6.94. The predicted octanol–water partition coefficient (Wildman–Crippen LogP) is 12.7. The first-order valence-corrected chi connectivity index (χ1v) is 18.9. The average molecular weight is 698 g/mol. The fourth-order valence-corrected chi connectivity index (χ4v) is 9.73. The van der Waals surface area contributed by atoms with E-state index in [4.69, 9.17) is 15.0 Å². The maximum atomic E-state index is 5.54. The SMILES string of the molecule is c1ccc(-c2nc(-c3cccc4c3-c3ccccc3C43c4ccccc4-c4ccccc43)nc(-c3c4ccccc4cc4ccc5ccccc5c34)n2)cc1. The molecular formula is C52H31N3. The minimum absolute atomic E-state index is 0.460. The first-order valence-electron chi connectivity index (χ1n) is 18.9. The van der Waals surface area contributed by atoms with E-state index in [1.807, 2.05) is 6.07 Å². The van der Waals surface area contributed by atoms with Gasteiger partial charge in [-0.1, -0.05) is 182 Å². The van der Waals surface area contributed by atoms with Crippen LogP contribution in [0.3, 0.4) is 0 Å². The summed E-state index contributed by atoms with van der Waals surface area (Å²) in [6.45, 7) is 0.